The number of rotatable bonds is 7. The largest absolute Gasteiger partial charge is 0.492 e. The summed E-state index contributed by atoms with van der Waals surface area (Å²) in [7, 11) is 0. The van der Waals surface area contributed by atoms with Crippen molar-refractivity contribution in [2.24, 2.45) is 0 Å². The van der Waals surface area contributed by atoms with Gasteiger partial charge in [0.2, 0.25) is 0 Å². The number of aryl methyl sites for hydroxylation is 1. The van der Waals surface area contributed by atoms with E-state index in [0.717, 1.165) is 12.2 Å². The lowest BCUT2D eigenvalue weighted by molar-refractivity contribution is -0.384. The van der Waals surface area contributed by atoms with Crippen LogP contribution in [0.1, 0.15) is 22.8 Å². The molecule has 0 radical (unpaired) electrons. The number of hydrogen-bond donors (Lipinski definition) is 1. The van der Waals surface area contributed by atoms with Gasteiger partial charge < -0.3 is 10.1 Å². The van der Waals surface area contributed by atoms with Gasteiger partial charge in [-0.3, -0.25) is 14.9 Å². The predicted molar refractivity (Wildman–Crippen MR) is 86.7 cm³/mol. The third kappa shape index (κ3) is 4.81. The summed E-state index contributed by atoms with van der Waals surface area (Å²) in [6.07, 6.45) is 0.978. The molecule has 0 aliphatic carbocycles. The summed E-state index contributed by atoms with van der Waals surface area (Å²) in [5.74, 6) is 0.469. The Bertz CT molecular complexity index is 666. The molecule has 0 saturated carbocycles. The first-order valence-corrected chi connectivity index (χ1v) is 7.34. The zero-order chi connectivity index (χ0) is 16.7. The topological polar surface area (TPSA) is 81.5 Å². The molecule has 0 heterocycles. The second-order valence-corrected chi connectivity index (χ2v) is 4.91. The van der Waals surface area contributed by atoms with Crippen LogP contribution in [-0.4, -0.2) is 24.0 Å². The van der Waals surface area contributed by atoms with Gasteiger partial charge in [0.15, 0.2) is 0 Å². The van der Waals surface area contributed by atoms with Gasteiger partial charge in [-0.2, -0.15) is 0 Å². The standard InChI is InChI=1S/C17H18N2O4/c1-2-13-3-9-16(10-4-13)23-12-11-18-17(20)14-5-7-15(8-6-14)19(21)22/h3-10H,2,11-12H2,1H3,(H,18,20). The van der Waals surface area contributed by atoms with E-state index in [1.807, 2.05) is 24.3 Å². The van der Waals surface area contributed by atoms with Crippen LogP contribution in [0, 0.1) is 10.1 Å². The molecule has 6 heteroatoms. The van der Waals surface area contributed by atoms with Crippen LogP contribution in [0.25, 0.3) is 0 Å². The molecule has 2 aromatic rings. The molecule has 0 aromatic heterocycles. The average molecular weight is 314 g/mol. The predicted octanol–water partition coefficient (Wildman–Crippen LogP) is 2.97. The monoisotopic (exact) mass is 314 g/mol. The Hall–Kier alpha value is -2.89. The van der Waals surface area contributed by atoms with Gasteiger partial charge in [-0.25, -0.2) is 0 Å². The van der Waals surface area contributed by atoms with Crippen molar-refractivity contribution in [1.82, 2.24) is 5.32 Å². The van der Waals surface area contributed by atoms with E-state index in [2.05, 4.69) is 12.2 Å². The quantitative estimate of drug-likeness (QED) is 0.484. The van der Waals surface area contributed by atoms with E-state index in [4.69, 9.17) is 4.74 Å². The van der Waals surface area contributed by atoms with Gasteiger partial charge in [-0.05, 0) is 36.2 Å². The number of nitrogens with zero attached hydrogens (tertiary/aromatic N) is 1. The molecule has 2 rings (SSSR count). The molecule has 23 heavy (non-hydrogen) atoms. The molecule has 120 valence electrons. The Morgan fingerprint density at radius 2 is 1.78 bits per heavy atom. The molecule has 0 aliphatic rings. The molecule has 0 unspecified atom stereocenters. The number of amides is 1. The Morgan fingerprint density at radius 1 is 1.13 bits per heavy atom. The van der Waals surface area contributed by atoms with E-state index in [1.54, 1.807) is 0 Å². The van der Waals surface area contributed by atoms with Crippen molar-refractivity contribution < 1.29 is 14.5 Å². The smallest absolute Gasteiger partial charge is 0.269 e. The molecule has 0 fully saturated rings. The second kappa shape index (κ2) is 7.93. The van der Waals surface area contributed by atoms with Gasteiger partial charge in [0.05, 0.1) is 11.5 Å². The number of nitrogens with one attached hydrogen (secondary N) is 1. The highest BCUT2D eigenvalue weighted by Gasteiger charge is 2.08. The van der Waals surface area contributed by atoms with E-state index >= 15 is 0 Å². The third-order valence-corrected chi connectivity index (χ3v) is 3.33. The van der Waals surface area contributed by atoms with Crippen molar-refractivity contribution >= 4 is 11.6 Å². The first-order valence-electron chi connectivity index (χ1n) is 7.34. The number of hydrogen-bond acceptors (Lipinski definition) is 4. The number of non-ortho nitro benzene ring substituents is 1. The summed E-state index contributed by atoms with van der Waals surface area (Å²) in [6, 6.07) is 13.3. The second-order valence-electron chi connectivity index (χ2n) is 4.91. The summed E-state index contributed by atoms with van der Waals surface area (Å²) in [5, 5.41) is 13.3. The van der Waals surface area contributed by atoms with Crippen molar-refractivity contribution in [3.63, 3.8) is 0 Å². The van der Waals surface area contributed by atoms with Gasteiger partial charge in [-0.15, -0.1) is 0 Å². The van der Waals surface area contributed by atoms with E-state index in [1.165, 1.54) is 29.8 Å². The minimum Gasteiger partial charge on any atom is -0.492 e. The van der Waals surface area contributed by atoms with Gasteiger partial charge in [0.1, 0.15) is 12.4 Å². The number of nitro groups is 1. The number of ether oxygens (including phenoxy) is 1. The highest BCUT2D eigenvalue weighted by molar-refractivity contribution is 5.94. The Kier molecular flexibility index (Phi) is 5.68. The summed E-state index contributed by atoms with van der Waals surface area (Å²) in [5.41, 5.74) is 1.58. The van der Waals surface area contributed by atoms with Gasteiger partial charge >= 0.3 is 0 Å². The first kappa shape index (κ1) is 16.5. The fourth-order valence-corrected chi connectivity index (χ4v) is 1.99. The molecule has 2 aromatic carbocycles. The van der Waals surface area contributed by atoms with E-state index in [0.29, 0.717) is 18.7 Å². The van der Waals surface area contributed by atoms with E-state index in [-0.39, 0.29) is 11.6 Å². The van der Waals surface area contributed by atoms with Crippen LogP contribution in [0.3, 0.4) is 0 Å². The molecular formula is C17H18N2O4. The normalized spacial score (nSPS) is 10.1. The molecule has 1 N–H and O–H groups in total. The first-order chi connectivity index (χ1) is 11.1. The van der Waals surface area contributed by atoms with Gasteiger partial charge in [0, 0.05) is 17.7 Å². The lowest BCUT2D eigenvalue weighted by Gasteiger charge is -2.08. The van der Waals surface area contributed by atoms with Crippen LogP contribution < -0.4 is 10.1 Å². The number of benzene rings is 2. The maximum atomic E-state index is 11.9. The minimum atomic E-state index is -0.501. The third-order valence-electron chi connectivity index (χ3n) is 3.33. The number of carbonyl (C=O) groups is 1. The lowest BCUT2D eigenvalue weighted by atomic mass is 10.2. The summed E-state index contributed by atoms with van der Waals surface area (Å²) < 4.78 is 5.54. The molecule has 0 spiro atoms. The summed E-state index contributed by atoms with van der Waals surface area (Å²) in [4.78, 5) is 21.9. The maximum Gasteiger partial charge on any atom is 0.269 e. The van der Waals surface area contributed by atoms with Crippen LogP contribution in [0.2, 0.25) is 0 Å². The zero-order valence-electron chi connectivity index (χ0n) is 12.8. The summed E-state index contributed by atoms with van der Waals surface area (Å²) in [6.45, 7) is 2.79. The van der Waals surface area contributed by atoms with Gasteiger partial charge in [0.25, 0.3) is 11.6 Å². The van der Waals surface area contributed by atoms with Gasteiger partial charge in [-0.1, -0.05) is 19.1 Å². The van der Waals surface area contributed by atoms with Crippen LogP contribution in [0.15, 0.2) is 48.5 Å². The fourth-order valence-electron chi connectivity index (χ4n) is 1.99. The number of carbonyl (C=O) groups excluding carboxylic acids is 1. The SMILES string of the molecule is CCc1ccc(OCCNC(=O)c2ccc([N+](=O)[O-])cc2)cc1. The van der Waals surface area contributed by atoms with Crippen molar-refractivity contribution in [3.05, 3.63) is 69.8 Å². The Labute approximate surface area is 134 Å². The van der Waals surface area contributed by atoms with Crippen LogP contribution in [0.4, 0.5) is 5.69 Å². The average Bonchev–Trinajstić information content (AvgIpc) is 2.59. The highest BCUT2D eigenvalue weighted by Crippen LogP contribution is 2.13. The van der Waals surface area contributed by atoms with Crippen LogP contribution in [-0.2, 0) is 6.42 Å². The van der Waals surface area contributed by atoms with E-state index in [9.17, 15) is 14.9 Å². The molecule has 1 amide bonds. The lowest BCUT2D eigenvalue weighted by Crippen LogP contribution is -2.28. The molecule has 0 bridgehead atoms. The van der Waals surface area contributed by atoms with Crippen LogP contribution in [0.5, 0.6) is 5.75 Å². The van der Waals surface area contributed by atoms with E-state index < -0.39 is 4.92 Å². The van der Waals surface area contributed by atoms with Crippen molar-refractivity contribution in [2.75, 3.05) is 13.2 Å². The Morgan fingerprint density at radius 3 is 2.35 bits per heavy atom. The van der Waals surface area contributed by atoms with Crippen molar-refractivity contribution in [1.29, 1.82) is 0 Å². The molecule has 0 atom stereocenters. The molecule has 0 aliphatic heterocycles. The molecule has 6 nitrogen and oxygen atoms in total. The minimum absolute atomic E-state index is 0.0413. The van der Waals surface area contributed by atoms with Crippen molar-refractivity contribution in [3.8, 4) is 5.75 Å². The Balaban J connectivity index is 1.76. The maximum absolute atomic E-state index is 11.9. The number of nitro benzene ring substituents is 1. The van der Waals surface area contributed by atoms with Crippen LogP contribution >= 0.6 is 0 Å². The summed E-state index contributed by atoms with van der Waals surface area (Å²) >= 11 is 0. The zero-order valence-corrected chi connectivity index (χ0v) is 12.8. The molecular weight excluding hydrogens is 296 g/mol. The highest BCUT2D eigenvalue weighted by atomic mass is 16.6. The molecule has 0 saturated heterocycles. The van der Waals surface area contributed by atoms with Crippen molar-refractivity contribution in [2.45, 2.75) is 13.3 Å². The fraction of sp³-hybridized carbons (Fsp3) is 0.235.